The quantitative estimate of drug-likeness (QED) is 0.323. The number of nitrogens with zero attached hydrogens (tertiary/aromatic N) is 2. The summed E-state index contributed by atoms with van der Waals surface area (Å²) in [5, 5.41) is 12.5. The van der Waals surface area contributed by atoms with Crippen LogP contribution in [0.15, 0.2) is 77.3 Å². The van der Waals surface area contributed by atoms with Gasteiger partial charge in [0.05, 0.1) is 16.1 Å². The Balaban J connectivity index is 1.22. The van der Waals surface area contributed by atoms with Gasteiger partial charge in [0.25, 0.3) is 5.91 Å². The van der Waals surface area contributed by atoms with Crippen molar-refractivity contribution in [1.82, 2.24) is 15.6 Å². The van der Waals surface area contributed by atoms with Gasteiger partial charge < -0.3 is 14.9 Å². The molecule has 2 aliphatic rings. The summed E-state index contributed by atoms with van der Waals surface area (Å²) >= 11 is 1.59. The number of para-hydroxylation sites is 1. The third kappa shape index (κ3) is 4.28. The van der Waals surface area contributed by atoms with E-state index in [1.165, 1.54) is 0 Å². The van der Waals surface area contributed by atoms with E-state index in [0.29, 0.717) is 18.7 Å². The van der Waals surface area contributed by atoms with Crippen molar-refractivity contribution >= 4 is 39.9 Å². The Morgan fingerprint density at radius 1 is 1.08 bits per heavy atom. The third-order valence-corrected chi connectivity index (χ3v) is 8.04. The monoisotopic (exact) mass is 526 g/mol. The first-order valence-electron chi connectivity index (χ1n) is 12.3. The van der Waals surface area contributed by atoms with Crippen LogP contribution in [-0.4, -0.2) is 28.2 Å². The number of hydrogen-bond acceptors (Lipinski definition) is 7. The summed E-state index contributed by atoms with van der Waals surface area (Å²) in [7, 11) is 0. The maximum atomic E-state index is 12.3. The molecule has 0 aliphatic carbocycles. The number of oxime groups is 1. The van der Waals surface area contributed by atoms with E-state index in [4.69, 9.17) is 9.57 Å². The van der Waals surface area contributed by atoms with Crippen LogP contribution in [0.25, 0.3) is 10.9 Å². The molecule has 192 valence electrons. The van der Waals surface area contributed by atoms with Gasteiger partial charge in [0.1, 0.15) is 17.9 Å². The number of carbonyl (C=O) groups is 2. The first-order chi connectivity index (χ1) is 18.3. The number of urea groups is 1. The minimum absolute atomic E-state index is 0.262. The smallest absolute Gasteiger partial charge is 0.322 e. The van der Waals surface area contributed by atoms with Crippen molar-refractivity contribution < 1.29 is 19.2 Å². The molecular weight excluding hydrogens is 500 g/mol. The number of rotatable bonds is 7. The van der Waals surface area contributed by atoms with Crippen molar-refractivity contribution in [2.45, 2.75) is 44.4 Å². The SMILES string of the molecule is Cc1cc(COc2ccc(C3(c4cccs4)CC(CC4(C)NC(=O)NC4=O)=NO3)cc2)c2ccccc2n1. The number of benzene rings is 2. The predicted octanol–water partition coefficient (Wildman–Crippen LogP) is 5.19. The molecule has 2 atom stereocenters. The third-order valence-electron chi connectivity index (χ3n) is 7.02. The highest BCUT2D eigenvalue weighted by molar-refractivity contribution is 7.10. The van der Waals surface area contributed by atoms with E-state index >= 15 is 0 Å². The number of carbonyl (C=O) groups excluding carboxylic acids is 2. The molecule has 2 N–H and O–H groups in total. The normalized spacial score (nSPS) is 22.6. The highest BCUT2D eigenvalue weighted by Gasteiger charge is 2.48. The van der Waals surface area contributed by atoms with Gasteiger partial charge in [0.15, 0.2) is 0 Å². The lowest BCUT2D eigenvalue weighted by Crippen LogP contribution is -2.45. The van der Waals surface area contributed by atoms with Crippen molar-refractivity contribution in [2.24, 2.45) is 5.16 Å². The summed E-state index contributed by atoms with van der Waals surface area (Å²) in [5.41, 5.74) is 2.76. The maximum Gasteiger partial charge on any atom is 0.322 e. The Hall–Kier alpha value is -4.24. The van der Waals surface area contributed by atoms with Crippen LogP contribution in [0.4, 0.5) is 4.79 Å². The van der Waals surface area contributed by atoms with Crippen LogP contribution < -0.4 is 15.4 Å². The second-order valence-corrected chi connectivity index (χ2v) is 10.8. The standard InChI is InChI=1S/C29H26N4O4S/c1-18-14-19(23-6-3-4-7-24(23)30-18)17-36-22-11-9-20(10-12-22)29(25-8-5-13-38-25)16-21(33-37-29)15-28(2)26(34)31-27(35)32-28/h3-14H,15-17H2,1-2H3,(H2,31,32,34,35). The molecule has 6 rings (SSSR count). The molecule has 2 aromatic heterocycles. The van der Waals surface area contributed by atoms with Crippen LogP contribution in [0.5, 0.6) is 5.75 Å². The Morgan fingerprint density at radius 3 is 2.63 bits per heavy atom. The fourth-order valence-corrected chi connectivity index (χ4v) is 6.01. The lowest BCUT2D eigenvalue weighted by Gasteiger charge is -2.27. The lowest BCUT2D eigenvalue weighted by molar-refractivity contribution is -0.123. The highest BCUT2D eigenvalue weighted by atomic mass is 32.1. The van der Waals surface area contributed by atoms with E-state index in [2.05, 4.69) is 32.9 Å². The zero-order chi connectivity index (χ0) is 26.3. The number of ether oxygens (including phenoxy) is 1. The lowest BCUT2D eigenvalue weighted by atomic mass is 9.84. The minimum Gasteiger partial charge on any atom is -0.489 e. The summed E-state index contributed by atoms with van der Waals surface area (Å²) in [6, 6.07) is 21.5. The van der Waals surface area contributed by atoms with Gasteiger partial charge in [0, 0.05) is 35.0 Å². The first kappa shape index (κ1) is 24.1. The molecule has 38 heavy (non-hydrogen) atoms. The summed E-state index contributed by atoms with van der Waals surface area (Å²) in [6.45, 7) is 4.11. The van der Waals surface area contributed by atoms with E-state index in [1.807, 2.05) is 66.9 Å². The zero-order valence-corrected chi connectivity index (χ0v) is 21.8. The average molecular weight is 527 g/mol. The summed E-state index contributed by atoms with van der Waals surface area (Å²) in [6.07, 6.45) is 0.729. The van der Waals surface area contributed by atoms with E-state index in [0.717, 1.165) is 38.4 Å². The van der Waals surface area contributed by atoms with Crippen molar-refractivity contribution in [3.63, 3.8) is 0 Å². The van der Waals surface area contributed by atoms with Crippen LogP contribution in [0.2, 0.25) is 0 Å². The van der Waals surface area contributed by atoms with Crippen LogP contribution >= 0.6 is 11.3 Å². The molecule has 0 radical (unpaired) electrons. The van der Waals surface area contributed by atoms with Crippen LogP contribution in [0.1, 0.15) is 41.5 Å². The molecule has 1 saturated heterocycles. The molecule has 2 aromatic carbocycles. The van der Waals surface area contributed by atoms with Gasteiger partial charge in [0.2, 0.25) is 5.60 Å². The van der Waals surface area contributed by atoms with Gasteiger partial charge in [-0.3, -0.25) is 15.1 Å². The van der Waals surface area contributed by atoms with Crippen LogP contribution in [-0.2, 0) is 21.8 Å². The molecule has 8 nitrogen and oxygen atoms in total. The molecule has 1 fully saturated rings. The van der Waals surface area contributed by atoms with E-state index in [9.17, 15) is 9.59 Å². The van der Waals surface area contributed by atoms with E-state index in [-0.39, 0.29) is 12.3 Å². The number of fused-ring (bicyclic) bond motifs is 1. The Bertz CT molecular complexity index is 1570. The van der Waals surface area contributed by atoms with Gasteiger partial charge in [-0.1, -0.05) is 41.6 Å². The Labute approximate surface area is 223 Å². The molecular formula is C29H26N4O4S. The van der Waals surface area contributed by atoms with Crippen molar-refractivity contribution in [3.05, 3.63) is 93.8 Å². The number of thiophene rings is 1. The van der Waals surface area contributed by atoms with Gasteiger partial charge in [-0.2, -0.15) is 0 Å². The topological polar surface area (TPSA) is 102 Å². The fraction of sp³-hybridized carbons (Fsp3) is 0.241. The van der Waals surface area contributed by atoms with Crippen molar-refractivity contribution in [2.75, 3.05) is 0 Å². The van der Waals surface area contributed by atoms with Gasteiger partial charge >= 0.3 is 6.03 Å². The largest absolute Gasteiger partial charge is 0.489 e. The number of hydrogen-bond donors (Lipinski definition) is 2. The molecule has 2 unspecified atom stereocenters. The summed E-state index contributed by atoms with van der Waals surface area (Å²) < 4.78 is 6.16. The van der Waals surface area contributed by atoms with E-state index < -0.39 is 17.2 Å². The Kier molecular flexibility index (Phi) is 5.87. The Morgan fingerprint density at radius 2 is 1.89 bits per heavy atom. The number of amides is 3. The van der Waals surface area contributed by atoms with Crippen molar-refractivity contribution in [3.8, 4) is 5.75 Å². The van der Waals surface area contributed by atoms with E-state index in [1.54, 1.807) is 18.3 Å². The molecule has 0 spiro atoms. The van der Waals surface area contributed by atoms with Crippen LogP contribution in [0.3, 0.4) is 0 Å². The molecule has 2 aliphatic heterocycles. The first-order valence-corrected chi connectivity index (χ1v) is 13.2. The predicted molar refractivity (Wildman–Crippen MR) is 145 cm³/mol. The molecule has 9 heteroatoms. The number of aromatic nitrogens is 1. The van der Waals surface area contributed by atoms with Crippen molar-refractivity contribution in [1.29, 1.82) is 0 Å². The second-order valence-electron chi connectivity index (χ2n) is 9.90. The average Bonchev–Trinajstić information content (AvgIpc) is 3.63. The summed E-state index contributed by atoms with van der Waals surface area (Å²) in [5.74, 6) is 0.378. The number of imide groups is 1. The number of aryl methyl sites for hydroxylation is 1. The molecule has 4 aromatic rings. The molecule has 0 bridgehead atoms. The van der Waals surface area contributed by atoms with Crippen LogP contribution in [0, 0.1) is 6.92 Å². The maximum absolute atomic E-state index is 12.3. The fourth-order valence-electron chi connectivity index (χ4n) is 5.13. The number of nitrogens with one attached hydrogen (secondary N) is 2. The van der Waals surface area contributed by atoms with Gasteiger partial charge in [-0.05, 0) is 49.6 Å². The van der Waals surface area contributed by atoms with Gasteiger partial charge in [-0.25, -0.2) is 4.79 Å². The molecule has 4 heterocycles. The van der Waals surface area contributed by atoms with Gasteiger partial charge in [-0.15, -0.1) is 11.3 Å². The zero-order valence-electron chi connectivity index (χ0n) is 21.0. The molecule has 3 amide bonds. The summed E-state index contributed by atoms with van der Waals surface area (Å²) in [4.78, 5) is 35.8. The highest BCUT2D eigenvalue weighted by Crippen LogP contribution is 2.44. The number of pyridine rings is 1. The second kappa shape index (κ2) is 9.25. The molecule has 0 saturated carbocycles. The minimum atomic E-state index is -1.06.